The van der Waals surface area contributed by atoms with Gasteiger partial charge < -0.3 is 5.73 Å². The van der Waals surface area contributed by atoms with Crippen LogP contribution in [0, 0.1) is 3.57 Å². The molecule has 2 heterocycles. The van der Waals surface area contributed by atoms with Crippen molar-refractivity contribution < 1.29 is 0 Å². The Kier molecular flexibility index (Phi) is 2.40. The molecule has 0 unspecified atom stereocenters. The molecule has 0 aliphatic rings. The van der Waals surface area contributed by atoms with Crippen LogP contribution in [0.5, 0.6) is 0 Å². The van der Waals surface area contributed by atoms with Crippen molar-refractivity contribution in [3.05, 3.63) is 21.3 Å². The lowest BCUT2D eigenvalue weighted by Gasteiger charge is -1.98. The van der Waals surface area contributed by atoms with E-state index in [1.54, 1.807) is 12.4 Å². The van der Waals surface area contributed by atoms with E-state index in [9.17, 15) is 0 Å². The molecule has 0 saturated heterocycles. The molecule has 2 N–H and O–H groups in total. The van der Waals surface area contributed by atoms with Gasteiger partial charge in [0.25, 0.3) is 0 Å². The van der Waals surface area contributed by atoms with Crippen LogP contribution in [-0.2, 0) is 0 Å². The van der Waals surface area contributed by atoms with Gasteiger partial charge in [-0.05, 0) is 22.6 Å². The molecular formula is C7H5IN4S. The number of hydrogen-bond donors (Lipinski definition) is 1. The fourth-order valence-corrected chi connectivity index (χ4v) is 1.65. The van der Waals surface area contributed by atoms with Crippen LogP contribution in [0.1, 0.15) is 0 Å². The van der Waals surface area contributed by atoms with Crippen molar-refractivity contribution in [2.45, 2.75) is 0 Å². The smallest absolute Gasteiger partial charge is 0.190 e. The topological polar surface area (TPSA) is 64.7 Å². The highest BCUT2D eigenvalue weighted by Crippen LogP contribution is 2.19. The molecule has 0 aliphatic carbocycles. The predicted octanol–water partition coefficient (Wildman–Crippen LogP) is 1.79. The maximum atomic E-state index is 5.64. The van der Waals surface area contributed by atoms with Gasteiger partial charge in [0.1, 0.15) is 5.82 Å². The van der Waals surface area contributed by atoms with Crippen LogP contribution in [0.4, 0.5) is 5.82 Å². The quantitative estimate of drug-likeness (QED) is 0.816. The molecule has 0 saturated carbocycles. The second-order valence-electron chi connectivity index (χ2n) is 2.26. The first-order valence-corrected chi connectivity index (χ1v) is 5.41. The average Bonchev–Trinajstić information content (AvgIpc) is 2.62. The Bertz CT molecular complexity index is 414. The molecule has 6 heteroatoms. The molecule has 66 valence electrons. The summed E-state index contributed by atoms with van der Waals surface area (Å²) in [6, 6.07) is 0. The Morgan fingerprint density at radius 1 is 1.38 bits per heavy atom. The minimum atomic E-state index is 0.501. The number of thiazole rings is 1. The lowest BCUT2D eigenvalue weighted by atomic mass is 10.5. The predicted molar refractivity (Wildman–Crippen MR) is 60.3 cm³/mol. The summed E-state index contributed by atoms with van der Waals surface area (Å²) in [5, 5.41) is 2.68. The van der Waals surface area contributed by atoms with E-state index >= 15 is 0 Å². The first-order valence-electron chi connectivity index (χ1n) is 3.45. The molecule has 0 aliphatic heterocycles. The molecular weight excluding hydrogens is 299 g/mol. The molecule has 13 heavy (non-hydrogen) atoms. The lowest BCUT2D eigenvalue weighted by Crippen LogP contribution is -1.97. The van der Waals surface area contributed by atoms with Gasteiger partial charge in [0.2, 0.25) is 0 Å². The zero-order chi connectivity index (χ0) is 9.26. The Hall–Kier alpha value is -0.760. The minimum Gasteiger partial charge on any atom is -0.383 e. The van der Waals surface area contributed by atoms with Crippen molar-refractivity contribution >= 4 is 39.7 Å². The van der Waals surface area contributed by atoms with Gasteiger partial charge in [0.05, 0.1) is 3.57 Å². The van der Waals surface area contributed by atoms with E-state index in [-0.39, 0.29) is 0 Å². The van der Waals surface area contributed by atoms with Gasteiger partial charge in [-0.15, -0.1) is 11.3 Å². The number of hydrogen-bond acceptors (Lipinski definition) is 5. The summed E-state index contributed by atoms with van der Waals surface area (Å²) in [7, 11) is 0. The molecule has 0 aromatic carbocycles. The Morgan fingerprint density at radius 3 is 2.85 bits per heavy atom. The van der Waals surface area contributed by atoms with E-state index in [2.05, 4.69) is 37.5 Å². The highest BCUT2D eigenvalue weighted by Gasteiger charge is 2.05. The SMILES string of the molecule is Nc1nc(-c2nccs2)ncc1I. The van der Waals surface area contributed by atoms with E-state index in [1.807, 2.05) is 5.38 Å². The van der Waals surface area contributed by atoms with Crippen molar-refractivity contribution in [2.75, 3.05) is 5.73 Å². The normalized spacial score (nSPS) is 10.2. The molecule has 2 rings (SSSR count). The third kappa shape index (κ3) is 1.78. The Balaban J connectivity index is 2.49. The third-order valence-corrected chi connectivity index (χ3v) is 3.00. The molecule has 2 aromatic heterocycles. The molecule has 2 aromatic rings. The number of aromatic nitrogens is 3. The average molecular weight is 304 g/mol. The van der Waals surface area contributed by atoms with Crippen LogP contribution in [-0.4, -0.2) is 15.0 Å². The number of halogens is 1. The molecule has 0 fully saturated rings. The fourth-order valence-electron chi connectivity index (χ4n) is 0.817. The van der Waals surface area contributed by atoms with Crippen molar-refractivity contribution in [1.29, 1.82) is 0 Å². The van der Waals surface area contributed by atoms with E-state index in [4.69, 9.17) is 5.73 Å². The highest BCUT2D eigenvalue weighted by atomic mass is 127. The number of rotatable bonds is 1. The van der Waals surface area contributed by atoms with Gasteiger partial charge in [-0.2, -0.15) is 0 Å². The molecule has 0 amide bonds. The lowest BCUT2D eigenvalue weighted by molar-refractivity contribution is 1.15. The van der Waals surface area contributed by atoms with Crippen LogP contribution in [0.15, 0.2) is 17.8 Å². The zero-order valence-electron chi connectivity index (χ0n) is 6.44. The summed E-state index contributed by atoms with van der Waals surface area (Å²) >= 11 is 3.59. The third-order valence-electron chi connectivity index (χ3n) is 1.39. The molecule has 0 atom stereocenters. The van der Waals surface area contributed by atoms with Crippen molar-refractivity contribution in [3.63, 3.8) is 0 Å². The van der Waals surface area contributed by atoms with Crippen LogP contribution < -0.4 is 5.73 Å². The van der Waals surface area contributed by atoms with Gasteiger partial charge in [0.15, 0.2) is 10.8 Å². The van der Waals surface area contributed by atoms with Crippen molar-refractivity contribution in [3.8, 4) is 10.8 Å². The fraction of sp³-hybridized carbons (Fsp3) is 0. The van der Waals surface area contributed by atoms with Crippen LogP contribution in [0.2, 0.25) is 0 Å². The van der Waals surface area contributed by atoms with E-state index in [1.165, 1.54) is 11.3 Å². The van der Waals surface area contributed by atoms with Crippen LogP contribution in [0.25, 0.3) is 10.8 Å². The van der Waals surface area contributed by atoms with E-state index in [0.717, 1.165) is 8.58 Å². The number of nitrogens with zero attached hydrogens (tertiary/aromatic N) is 3. The summed E-state index contributed by atoms with van der Waals surface area (Å²) in [5.74, 6) is 1.09. The van der Waals surface area contributed by atoms with Gasteiger partial charge in [-0.25, -0.2) is 15.0 Å². The Morgan fingerprint density at radius 2 is 2.23 bits per heavy atom. The monoisotopic (exact) mass is 304 g/mol. The van der Waals surface area contributed by atoms with Gasteiger partial charge in [-0.1, -0.05) is 0 Å². The summed E-state index contributed by atoms with van der Waals surface area (Å²) in [4.78, 5) is 12.3. The maximum Gasteiger partial charge on any atom is 0.190 e. The minimum absolute atomic E-state index is 0.501. The van der Waals surface area contributed by atoms with Crippen LogP contribution in [0.3, 0.4) is 0 Å². The number of nitrogens with two attached hydrogens (primary N) is 1. The summed E-state index contributed by atoms with van der Waals surface area (Å²) < 4.78 is 0.859. The number of nitrogen functional groups attached to an aromatic ring is 1. The molecule has 0 radical (unpaired) electrons. The second kappa shape index (κ2) is 3.54. The first-order chi connectivity index (χ1) is 6.27. The van der Waals surface area contributed by atoms with Crippen LogP contribution >= 0.6 is 33.9 Å². The van der Waals surface area contributed by atoms with Crippen molar-refractivity contribution in [1.82, 2.24) is 15.0 Å². The summed E-state index contributed by atoms with van der Waals surface area (Å²) in [6.45, 7) is 0. The first kappa shape index (κ1) is 8.82. The van der Waals surface area contributed by atoms with E-state index in [0.29, 0.717) is 11.6 Å². The summed E-state index contributed by atoms with van der Waals surface area (Å²) in [6.07, 6.45) is 3.41. The number of anilines is 1. The zero-order valence-corrected chi connectivity index (χ0v) is 9.41. The molecule has 4 nitrogen and oxygen atoms in total. The molecule has 0 spiro atoms. The Labute approximate surface area is 92.4 Å². The molecule has 0 bridgehead atoms. The van der Waals surface area contributed by atoms with Gasteiger partial charge in [-0.3, -0.25) is 0 Å². The highest BCUT2D eigenvalue weighted by molar-refractivity contribution is 14.1. The van der Waals surface area contributed by atoms with Gasteiger partial charge in [0, 0.05) is 17.8 Å². The standard InChI is InChI=1S/C7H5IN4S/c8-4-3-11-6(12-5(4)9)7-10-1-2-13-7/h1-3H,(H2,9,11,12). The van der Waals surface area contributed by atoms with Gasteiger partial charge >= 0.3 is 0 Å². The summed E-state index contributed by atoms with van der Waals surface area (Å²) in [5.41, 5.74) is 5.64. The maximum absolute atomic E-state index is 5.64. The van der Waals surface area contributed by atoms with E-state index < -0.39 is 0 Å². The second-order valence-corrected chi connectivity index (χ2v) is 4.32. The largest absolute Gasteiger partial charge is 0.383 e. The van der Waals surface area contributed by atoms with Crippen molar-refractivity contribution in [2.24, 2.45) is 0 Å².